The number of benzene rings is 1. The molecule has 0 spiro atoms. The van der Waals surface area contributed by atoms with E-state index in [-0.39, 0.29) is 18.2 Å². The van der Waals surface area contributed by atoms with E-state index in [1.54, 1.807) is 11.5 Å². The van der Waals surface area contributed by atoms with E-state index < -0.39 is 0 Å². The summed E-state index contributed by atoms with van der Waals surface area (Å²) < 4.78 is 7.53. The van der Waals surface area contributed by atoms with Crippen LogP contribution >= 0.6 is 15.9 Å². The molecule has 2 heterocycles. The summed E-state index contributed by atoms with van der Waals surface area (Å²) in [5, 5.41) is 0. The highest BCUT2D eigenvalue weighted by molar-refractivity contribution is 9.10. The lowest BCUT2D eigenvalue weighted by Crippen LogP contribution is -2.38. The monoisotopic (exact) mass is 339 g/mol. The lowest BCUT2D eigenvalue weighted by molar-refractivity contribution is -0.141. The number of ether oxygens (including phenoxy) is 1. The molecule has 0 aliphatic carbocycles. The number of anilines is 1. The van der Waals surface area contributed by atoms with Crippen LogP contribution < -0.4 is 10.6 Å². The number of nitrogens with one attached hydrogen (secondary N) is 1. The van der Waals surface area contributed by atoms with Crippen molar-refractivity contribution in [2.45, 2.75) is 13.5 Å². The van der Waals surface area contributed by atoms with Crippen LogP contribution in [0, 0.1) is 0 Å². The minimum atomic E-state index is -0.255. The summed E-state index contributed by atoms with van der Waals surface area (Å²) in [7, 11) is 0. The molecule has 3 rings (SSSR count). The highest BCUT2D eigenvalue weighted by Gasteiger charge is 2.24. The van der Waals surface area contributed by atoms with Gasteiger partial charge in [0, 0.05) is 17.6 Å². The molecule has 0 fully saturated rings. The number of rotatable bonds is 3. The highest BCUT2D eigenvalue weighted by atomic mass is 79.9. The fourth-order valence-electron chi connectivity index (χ4n) is 2.56. The lowest BCUT2D eigenvalue weighted by Gasteiger charge is -2.29. The molecule has 0 amide bonds. The average Bonchev–Trinajstić information content (AvgIpc) is 2.75. The Morgan fingerprint density at radius 1 is 1.45 bits per heavy atom. The molecule has 0 saturated carbocycles. The van der Waals surface area contributed by atoms with Gasteiger partial charge in [-0.2, -0.15) is 0 Å². The summed E-state index contributed by atoms with van der Waals surface area (Å²) in [5.74, 6) is -0.255. The Morgan fingerprint density at radius 3 is 3.00 bits per heavy atom. The second-order valence-electron chi connectivity index (χ2n) is 4.60. The summed E-state index contributed by atoms with van der Waals surface area (Å²) in [6.45, 7) is 3.53. The summed E-state index contributed by atoms with van der Waals surface area (Å²) >= 11 is 3.43. The van der Waals surface area contributed by atoms with Crippen LogP contribution in [0.15, 0.2) is 21.4 Å². The predicted molar refractivity (Wildman–Crippen MR) is 79.1 cm³/mol. The van der Waals surface area contributed by atoms with Crippen LogP contribution in [0.3, 0.4) is 0 Å². The molecule has 1 aliphatic rings. The molecule has 0 bridgehead atoms. The Morgan fingerprint density at radius 2 is 2.25 bits per heavy atom. The Balaban J connectivity index is 2.07. The minimum Gasteiger partial charge on any atom is -0.465 e. The lowest BCUT2D eigenvalue weighted by atomic mass is 10.2. The first kappa shape index (κ1) is 13.2. The summed E-state index contributed by atoms with van der Waals surface area (Å²) in [6.07, 6.45) is 0. The van der Waals surface area contributed by atoms with E-state index in [2.05, 4.69) is 20.9 Å². The van der Waals surface area contributed by atoms with Crippen LogP contribution in [-0.2, 0) is 16.1 Å². The van der Waals surface area contributed by atoms with Crippen molar-refractivity contribution in [2.24, 2.45) is 0 Å². The number of esters is 1. The molecule has 6 nitrogen and oxygen atoms in total. The normalized spacial score (nSPS) is 13.8. The summed E-state index contributed by atoms with van der Waals surface area (Å²) in [4.78, 5) is 28.4. The minimum absolute atomic E-state index is 0.121. The van der Waals surface area contributed by atoms with Crippen LogP contribution in [-0.4, -0.2) is 35.2 Å². The number of halogens is 1. The molecule has 1 N–H and O–H groups in total. The van der Waals surface area contributed by atoms with Gasteiger partial charge in [0.1, 0.15) is 6.54 Å². The number of nitrogens with zero attached hydrogens (tertiary/aromatic N) is 2. The Kier molecular flexibility index (Phi) is 3.29. The van der Waals surface area contributed by atoms with E-state index in [1.807, 2.05) is 17.0 Å². The molecule has 7 heteroatoms. The molecule has 2 aromatic rings. The van der Waals surface area contributed by atoms with Gasteiger partial charge in [0.25, 0.3) is 0 Å². The summed E-state index contributed by atoms with van der Waals surface area (Å²) in [6, 6.07) is 3.79. The van der Waals surface area contributed by atoms with Crippen LogP contribution in [0.5, 0.6) is 0 Å². The van der Waals surface area contributed by atoms with Crippen molar-refractivity contribution in [1.82, 2.24) is 9.55 Å². The maximum atomic E-state index is 11.9. The predicted octanol–water partition coefficient (Wildman–Crippen LogP) is 1.48. The fraction of sp³-hybridized carbons (Fsp3) is 0.385. The van der Waals surface area contributed by atoms with Crippen molar-refractivity contribution in [2.75, 3.05) is 24.6 Å². The molecule has 0 unspecified atom stereocenters. The number of aromatic nitrogens is 2. The van der Waals surface area contributed by atoms with Crippen molar-refractivity contribution in [1.29, 1.82) is 0 Å². The van der Waals surface area contributed by atoms with Gasteiger partial charge in [0.15, 0.2) is 0 Å². The highest BCUT2D eigenvalue weighted by Crippen LogP contribution is 2.32. The molecule has 1 aromatic carbocycles. The van der Waals surface area contributed by atoms with Crippen molar-refractivity contribution >= 4 is 38.6 Å². The van der Waals surface area contributed by atoms with Gasteiger partial charge in [-0.05, 0) is 35.0 Å². The molecule has 20 heavy (non-hydrogen) atoms. The van der Waals surface area contributed by atoms with E-state index >= 15 is 0 Å². The second kappa shape index (κ2) is 4.97. The quantitative estimate of drug-likeness (QED) is 0.860. The average molecular weight is 340 g/mol. The third-order valence-corrected chi connectivity index (χ3v) is 4.07. The number of carbonyl (C=O) groups excluding carboxylic acids is 1. The molecular weight excluding hydrogens is 326 g/mol. The molecule has 0 atom stereocenters. The zero-order valence-corrected chi connectivity index (χ0v) is 12.6. The fourth-order valence-corrected chi connectivity index (χ4v) is 2.98. The van der Waals surface area contributed by atoms with Crippen LogP contribution in [0.4, 0.5) is 5.69 Å². The summed E-state index contributed by atoms with van der Waals surface area (Å²) in [5.41, 5.74) is 2.35. The van der Waals surface area contributed by atoms with E-state index in [0.29, 0.717) is 19.7 Å². The van der Waals surface area contributed by atoms with Gasteiger partial charge < -0.3 is 14.6 Å². The number of carbonyl (C=O) groups is 1. The molecular formula is C13H14BrN3O3. The van der Waals surface area contributed by atoms with Gasteiger partial charge in [-0.3, -0.25) is 9.36 Å². The molecule has 0 saturated heterocycles. The van der Waals surface area contributed by atoms with E-state index in [1.165, 1.54) is 0 Å². The van der Waals surface area contributed by atoms with Crippen molar-refractivity contribution in [3.05, 3.63) is 27.1 Å². The smallest absolute Gasteiger partial charge is 0.326 e. The van der Waals surface area contributed by atoms with Gasteiger partial charge in [-0.1, -0.05) is 0 Å². The van der Waals surface area contributed by atoms with Crippen molar-refractivity contribution < 1.29 is 9.53 Å². The second-order valence-corrected chi connectivity index (χ2v) is 5.45. The molecule has 0 radical (unpaired) electrons. The van der Waals surface area contributed by atoms with Crippen LogP contribution in [0.2, 0.25) is 0 Å². The Bertz CT molecular complexity index is 734. The van der Waals surface area contributed by atoms with Crippen molar-refractivity contribution in [3.8, 4) is 0 Å². The van der Waals surface area contributed by atoms with Gasteiger partial charge in [0.05, 0.1) is 23.3 Å². The zero-order chi connectivity index (χ0) is 14.3. The van der Waals surface area contributed by atoms with Crippen LogP contribution in [0.1, 0.15) is 6.92 Å². The van der Waals surface area contributed by atoms with Crippen molar-refractivity contribution in [3.63, 3.8) is 0 Å². The topological polar surface area (TPSA) is 67.3 Å². The third-order valence-electron chi connectivity index (χ3n) is 3.41. The maximum Gasteiger partial charge on any atom is 0.326 e. The van der Waals surface area contributed by atoms with Crippen LogP contribution in [0.25, 0.3) is 11.0 Å². The van der Waals surface area contributed by atoms with E-state index in [0.717, 1.165) is 21.2 Å². The zero-order valence-electron chi connectivity index (χ0n) is 11.0. The Labute approximate surface area is 123 Å². The Hall–Kier alpha value is -1.76. The van der Waals surface area contributed by atoms with Gasteiger partial charge in [-0.15, -0.1) is 0 Å². The first-order valence-corrected chi connectivity index (χ1v) is 7.22. The largest absolute Gasteiger partial charge is 0.465 e. The maximum absolute atomic E-state index is 11.9. The number of hydrogen-bond donors (Lipinski definition) is 1. The number of imidazole rings is 1. The third kappa shape index (κ3) is 2.02. The molecule has 1 aromatic heterocycles. The number of aromatic amines is 1. The van der Waals surface area contributed by atoms with E-state index in [9.17, 15) is 9.59 Å². The van der Waals surface area contributed by atoms with Gasteiger partial charge in [0.2, 0.25) is 0 Å². The van der Waals surface area contributed by atoms with E-state index in [4.69, 9.17) is 4.74 Å². The van der Waals surface area contributed by atoms with Gasteiger partial charge >= 0.3 is 11.7 Å². The molecule has 1 aliphatic heterocycles. The van der Waals surface area contributed by atoms with Gasteiger partial charge in [-0.25, -0.2) is 4.79 Å². The standard InChI is InChI=1S/C13H14BrN3O3/c1-2-20-10(18)7-16-5-6-17-12-9(16)4-3-8(14)11(12)15-13(17)19/h3-4H,2,5-7H2,1H3,(H,15,19). The number of hydrogen-bond acceptors (Lipinski definition) is 4. The SMILES string of the molecule is CCOC(=O)CN1CCn2c(=O)[nH]c3c(Br)ccc1c32. The first-order valence-electron chi connectivity index (χ1n) is 6.43. The molecule has 106 valence electrons. The number of H-pyrrole nitrogens is 1. The first-order chi connectivity index (χ1) is 9.61.